The quantitative estimate of drug-likeness (QED) is 0.664. The molecule has 2 atom stereocenters. The molecule has 1 aromatic carbocycles. The Kier molecular flexibility index (Phi) is 4.48. The van der Waals surface area contributed by atoms with Gasteiger partial charge >= 0.3 is 0 Å². The highest BCUT2D eigenvalue weighted by Crippen LogP contribution is 2.35. The number of halogens is 1. The van der Waals surface area contributed by atoms with Crippen molar-refractivity contribution in [2.75, 3.05) is 0 Å². The van der Waals surface area contributed by atoms with Crippen LogP contribution in [0.15, 0.2) is 18.2 Å². The van der Waals surface area contributed by atoms with Crippen LogP contribution in [0.4, 0.5) is 5.69 Å². The molecule has 0 aliphatic rings. The zero-order valence-electron chi connectivity index (χ0n) is 10.1. The lowest BCUT2D eigenvalue weighted by atomic mass is 9.83. The number of aliphatic hydroxyl groups excluding tert-OH is 1. The van der Waals surface area contributed by atoms with Crippen molar-refractivity contribution in [3.63, 3.8) is 0 Å². The standard InChI is InChI=1S/C12H16ClNO3/c1-7(2)12(8(3)15)10-5-4-9(13)6-11(10)14(16)17/h4-8,12,15H,1-3H3. The first-order valence-electron chi connectivity index (χ1n) is 5.46. The van der Waals surface area contributed by atoms with Crippen molar-refractivity contribution >= 4 is 17.3 Å². The molecule has 0 fully saturated rings. The van der Waals surface area contributed by atoms with Gasteiger partial charge in [-0.05, 0) is 18.9 Å². The molecule has 17 heavy (non-hydrogen) atoms. The topological polar surface area (TPSA) is 63.4 Å². The van der Waals surface area contributed by atoms with Crippen molar-refractivity contribution in [2.45, 2.75) is 32.8 Å². The molecule has 94 valence electrons. The van der Waals surface area contributed by atoms with Crippen LogP contribution in [-0.2, 0) is 0 Å². The molecule has 1 rings (SSSR count). The lowest BCUT2D eigenvalue weighted by molar-refractivity contribution is -0.385. The molecule has 1 aromatic rings. The number of rotatable bonds is 4. The zero-order valence-corrected chi connectivity index (χ0v) is 10.8. The van der Waals surface area contributed by atoms with Crippen molar-refractivity contribution in [1.29, 1.82) is 0 Å². The minimum Gasteiger partial charge on any atom is -0.393 e. The summed E-state index contributed by atoms with van der Waals surface area (Å²) in [6.07, 6.45) is -0.644. The van der Waals surface area contributed by atoms with Gasteiger partial charge in [-0.3, -0.25) is 10.1 Å². The Morgan fingerprint density at radius 2 is 1.94 bits per heavy atom. The highest BCUT2D eigenvalue weighted by atomic mass is 35.5. The fraction of sp³-hybridized carbons (Fsp3) is 0.500. The number of nitro benzene ring substituents is 1. The van der Waals surface area contributed by atoms with Crippen LogP contribution in [-0.4, -0.2) is 16.1 Å². The molecule has 0 aliphatic carbocycles. The number of nitrogens with zero attached hydrogens (tertiary/aromatic N) is 1. The van der Waals surface area contributed by atoms with Gasteiger partial charge in [0.1, 0.15) is 0 Å². The summed E-state index contributed by atoms with van der Waals surface area (Å²) in [6, 6.07) is 4.56. The zero-order chi connectivity index (χ0) is 13.2. The van der Waals surface area contributed by atoms with E-state index in [9.17, 15) is 15.2 Å². The maximum absolute atomic E-state index is 11.0. The van der Waals surface area contributed by atoms with Crippen molar-refractivity contribution in [2.24, 2.45) is 5.92 Å². The van der Waals surface area contributed by atoms with E-state index in [0.29, 0.717) is 10.6 Å². The van der Waals surface area contributed by atoms with Gasteiger partial charge in [-0.1, -0.05) is 31.5 Å². The van der Waals surface area contributed by atoms with Crippen molar-refractivity contribution in [3.05, 3.63) is 38.9 Å². The van der Waals surface area contributed by atoms with E-state index in [1.807, 2.05) is 13.8 Å². The first-order chi connectivity index (χ1) is 7.84. The smallest absolute Gasteiger partial charge is 0.274 e. The van der Waals surface area contributed by atoms with Gasteiger partial charge in [0.15, 0.2) is 0 Å². The van der Waals surface area contributed by atoms with Crippen LogP contribution in [0.2, 0.25) is 5.02 Å². The third kappa shape index (κ3) is 3.17. The third-order valence-corrected chi connectivity index (χ3v) is 3.02. The van der Waals surface area contributed by atoms with E-state index >= 15 is 0 Å². The summed E-state index contributed by atoms with van der Waals surface area (Å²) >= 11 is 5.76. The summed E-state index contributed by atoms with van der Waals surface area (Å²) in [7, 11) is 0. The molecule has 0 saturated heterocycles. The normalized spacial score (nSPS) is 14.7. The van der Waals surface area contributed by atoms with E-state index in [2.05, 4.69) is 0 Å². The second-order valence-electron chi connectivity index (χ2n) is 4.47. The van der Waals surface area contributed by atoms with Gasteiger partial charge in [0.25, 0.3) is 5.69 Å². The monoisotopic (exact) mass is 257 g/mol. The van der Waals surface area contributed by atoms with Gasteiger partial charge in [-0.25, -0.2) is 0 Å². The summed E-state index contributed by atoms with van der Waals surface area (Å²) in [5.41, 5.74) is 0.501. The Labute approximate surface area is 105 Å². The first kappa shape index (κ1) is 13.9. The van der Waals surface area contributed by atoms with Crippen molar-refractivity contribution < 1.29 is 10.0 Å². The van der Waals surface area contributed by atoms with Gasteiger partial charge in [0, 0.05) is 22.6 Å². The third-order valence-electron chi connectivity index (χ3n) is 2.79. The predicted octanol–water partition coefficient (Wildman–Crippen LogP) is 3.37. The SMILES string of the molecule is CC(C)C(c1ccc(Cl)cc1[N+](=O)[O-])C(C)O. The lowest BCUT2D eigenvalue weighted by Crippen LogP contribution is -2.21. The van der Waals surface area contributed by atoms with E-state index in [0.717, 1.165) is 0 Å². The molecule has 0 aromatic heterocycles. The molecule has 0 heterocycles. The van der Waals surface area contributed by atoms with Gasteiger partial charge in [0.05, 0.1) is 11.0 Å². The Morgan fingerprint density at radius 3 is 2.35 bits per heavy atom. The molecule has 0 amide bonds. The Morgan fingerprint density at radius 1 is 1.35 bits per heavy atom. The van der Waals surface area contributed by atoms with Gasteiger partial charge < -0.3 is 5.11 Å². The van der Waals surface area contributed by atoms with Crippen LogP contribution < -0.4 is 0 Å². The van der Waals surface area contributed by atoms with E-state index in [-0.39, 0.29) is 17.5 Å². The fourth-order valence-corrected chi connectivity index (χ4v) is 2.30. The number of nitro groups is 1. The largest absolute Gasteiger partial charge is 0.393 e. The number of hydrogen-bond donors (Lipinski definition) is 1. The average Bonchev–Trinajstić information content (AvgIpc) is 2.19. The molecule has 0 radical (unpaired) electrons. The summed E-state index contributed by atoms with van der Waals surface area (Å²) in [5.74, 6) is -0.164. The maximum atomic E-state index is 11.0. The van der Waals surface area contributed by atoms with Gasteiger partial charge in [-0.2, -0.15) is 0 Å². The summed E-state index contributed by atoms with van der Waals surface area (Å²) < 4.78 is 0. The summed E-state index contributed by atoms with van der Waals surface area (Å²) in [5, 5.41) is 21.1. The van der Waals surface area contributed by atoms with Crippen LogP contribution in [0.5, 0.6) is 0 Å². The predicted molar refractivity (Wildman–Crippen MR) is 67.4 cm³/mol. The molecular formula is C12H16ClNO3. The van der Waals surface area contributed by atoms with Crippen LogP contribution >= 0.6 is 11.6 Å². The molecule has 4 nitrogen and oxygen atoms in total. The fourth-order valence-electron chi connectivity index (χ4n) is 2.13. The van der Waals surface area contributed by atoms with Crippen molar-refractivity contribution in [3.8, 4) is 0 Å². The highest BCUT2D eigenvalue weighted by molar-refractivity contribution is 6.30. The lowest BCUT2D eigenvalue weighted by Gasteiger charge is -2.24. The molecule has 2 unspecified atom stereocenters. The van der Waals surface area contributed by atoms with Crippen LogP contribution in [0, 0.1) is 16.0 Å². The van der Waals surface area contributed by atoms with E-state index in [4.69, 9.17) is 11.6 Å². The number of hydrogen-bond acceptors (Lipinski definition) is 3. The second kappa shape index (κ2) is 5.47. The van der Waals surface area contributed by atoms with Crippen LogP contribution in [0.3, 0.4) is 0 Å². The van der Waals surface area contributed by atoms with E-state index in [1.54, 1.807) is 19.1 Å². The van der Waals surface area contributed by atoms with E-state index < -0.39 is 11.0 Å². The van der Waals surface area contributed by atoms with E-state index in [1.165, 1.54) is 6.07 Å². The Balaban J connectivity index is 3.32. The molecular weight excluding hydrogens is 242 g/mol. The highest BCUT2D eigenvalue weighted by Gasteiger charge is 2.28. The molecule has 0 spiro atoms. The number of benzene rings is 1. The number of aliphatic hydroxyl groups is 1. The van der Waals surface area contributed by atoms with Crippen LogP contribution in [0.1, 0.15) is 32.3 Å². The van der Waals surface area contributed by atoms with Crippen LogP contribution in [0.25, 0.3) is 0 Å². The molecule has 0 aliphatic heterocycles. The summed E-state index contributed by atoms with van der Waals surface area (Å²) in [6.45, 7) is 5.49. The second-order valence-corrected chi connectivity index (χ2v) is 4.91. The molecule has 5 heteroatoms. The average molecular weight is 258 g/mol. The van der Waals surface area contributed by atoms with Gasteiger partial charge in [-0.15, -0.1) is 0 Å². The Hall–Kier alpha value is -1.13. The molecule has 0 bridgehead atoms. The minimum atomic E-state index is -0.644. The minimum absolute atomic E-state index is 0.0305. The molecule has 0 saturated carbocycles. The summed E-state index contributed by atoms with van der Waals surface area (Å²) in [4.78, 5) is 10.5. The van der Waals surface area contributed by atoms with Crippen molar-refractivity contribution in [1.82, 2.24) is 0 Å². The first-order valence-corrected chi connectivity index (χ1v) is 5.84. The Bertz CT molecular complexity index is 410. The van der Waals surface area contributed by atoms with Gasteiger partial charge in [0.2, 0.25) is 0 Å². The molecule has 1 N–H and O–H groups in total. The maximum Gasteiger partial charge on any atom is 0.274 e.